The van der Waals surface area contributed by atoms with Gasteiger partial charge < -0.3 is 9.26 Å². The van der Waals surface area contributed by atoms with Crippen molar-refractivity contribution in [1.82, 2.24) is 19.7 Å². The van der Waals surface area contributed by atoms with Gasteiger partial charge in [0.15, 0.2) is 5.16 Å². The van der Waals surface area contributed by atoms with Crippen molar-refractivity contribution in [2.75, 3.05) is 6.61 Å². The molecule has 7 nitrogen and oxygen atoms in total. The van der Waals surface area contributed by atoms with Crippen molar-refractivity contribution >= 4 is 34.3 Å². The second kappa shape index (κ2) is 8.82. The fraction of sp³-hybridized carbons (Fsp3) is 0.273. The Labute approximate surface area is 187 Å². The number of nitrogens with zero attached hydrogens (tertiary/aromatic N) is 4. The third kappa shape index (κ3) is 4.37. The fourth-order valence-electron chi connectivity index (χ4n) is 3.57. The maximum atomic E-state index is 13.2. The van der Waals surface area contributed by atoms with Crippen LogP contribution in [0.15, 0.2) is 63.0 Å². The number of halogens is 1. The Morgan fingerprint density at radius 1 is 1.13 bits per heavy atom. The molecule has 5 rings (SSSR count). The lowest BCUT2D eigenvalue weighted by Gasteiger charge is -2.16. The summed E-state index contributed by atoms with van der Waals surface area (Å²) in [5, 5.41) is 5.92. The summed E-state index contributed by atoms with van der Waals surface area (Å²) < 4.78 is 12.9. The first-order valence-corrected chi connectivity index (χ1v) is 11.4. The summed E-state index contributed by atoms with van der Waals surface area (Å²) in [6.07, 6.45) is 1.98. The number of thioether (sulfide) groups is 1. The maximum absolute atomic E-state index is 13.2. The van der Waals surface area contributed by atoms with E-state index >= 15 is 0 Å². The Hall–Kier alpha value is -2.68. The van der Waals surface area contributed by atoms with E-state index in [4.69, 9.17) is 25.8 Å². The molecule has 1 aliphatic rings. The Morgan fingerprint density at radius 2 is 1.97 bits per heavy atom. The molecule has 1 fully saturated rings. The number of hydrogen-bond donors (Lipinski definition) is 0. The molecule has 1 saturated heterocycles. The van der Waals surface area contributed by atoms with E-state index in [0.29, 0.717) is 45.1 Å². The van der Waals surface area contributed by atoms with Gasteiger partial charge in [0.1, 0.15) is 0 Å². The van der Waals surface area contributed by atoms with Crippen LogP contribution in [0.2, 0.25) is 5.02 Å². The second-order valence-corrected chi connectivity index (χ2v) is 8.65. The minimum Gasteiger partial charge on any atom is -0.376 e. The SMILES string of the molecule is O=c1c2ccccc2nc(SCc2nc(-c3ccc(Cl)cc3)no2)n1CC1CCCO1. The Bertz CT molecular complexity index is 1270. The highest BCUT2D eigenvalue weighted by Gasteiger charge is 2.21. The molecule has 0 amide bonds. The van der Waals surface area contributed by atoms with Crippen molar-refractivity contribution in [3.8, 4) is 11.4 Å². The van der Waals surface area contributed by atoms with Gasteiger partial charge in [-0.25, -0.2) is 4.98 Å². The summed E-state index contributed by atoms with van der Waals surface area (Å²) in [6.45, 7) is 1.22. The van der Waals surface area contributed by atoms with Gasteiger partial charge in [-0.1, -0.05) is 40.7 Å². The maximum Gasteiger partial charge on any atom is 0.262 e. The zero-order chi connectivity index (χ0) is 21.2. The first-order chi connectivity index (χ1) is 15.2. The van der Waals surface area contributed by atoms with E-state index in [2.05, 4.69) is 10.1 Å². The van der Waals surface area contributed by atoms with Crippen LogP contribution in [0.3, 0.4) is 0 Å². The highest BCUT2D eigenvalue weighted by molar-refractivity contribution is 7.98. The summed E-state index contributed by atoms with van der Waals surface area (Å²) in [7, 11) is 0. The van der Waals surface area contributed by atoms with Gasteiger partial charge in [-0.05, 0) is 49.2 Å². The lowest BCUT2D eigenvalue weighted by atomic mass is 10.2. The monoisotopic (exact) mass is 454 g/mol. The minimum absolute atomic E-state index is 0.0277. The molecule has 2 aromatic carbocycles. The largest absolute Gasteiger partial charge is 0.376 e. The van der Waals surface area contributed by atoms with Crippen LogP contribution >= 0.6 is 23.4 Å². The van der Waals surface area contributed by atoms with Crippen LogP contribution in [0.1, 0.15) is 18.7 Å². The zero-order valence-electron chi connectivity index (χ0n) is 16.5. The molecule has 9 heteroatoms. The van der Waals surface area contributed by atoms with Gasteiger partial charge in [-0.3, -0.25) is 9.36 Å². The first-order valence-electron chi connectivity index (χ1n) is 10.00. The van der Waals surface area contributed by atoms with E-state index in [0.717, 1.165) is 25.0 Å². The Kier molecular flexibility index (Phi) is 5.76. The standard InChI is InChI=1S/C22H19ClN4O3S/c23-15-9-7-14(8-10-15)20-25-19(30-26-20)13-31-22-24-18-6-2-1-5-17(18)21(28)27(22)12-16-4-3-11-29-16/h1-2,5-10,16H,3-4,11-13H2. The molecule has 0 spiro atoms. The second-order valence-electron chi connectivity index (χ2n) is 7.27. The number of aromatic nitrogens is 4. The van der Waals surface area contributed by atoms with Gasteiger partial charge in [0.2, 0.25) is 11.7 Å². The zero-order valence-corrected chi connectivity index (χ0v) is 18.1. The smallest absolute Gasteiger partial charge is 0.262 e. The number of benzene rings is 2. The average molecular weight is 455 g/mol. The molecule has 0 N–H and O–H groups in total. The van der Waals surface area contributed by atoms with Gasteiger partial charge in [-0.15, -0.1) is 0 Å². The van der Waals surface area contributed by atoms with Crippen LogP contribution < -0.4 is 5.56 Å². The summed E-state index contributed by atoms with van der Waals surface area (Å²) >= 11 is 7.34. The van der Waals surface area contributed by atoms with Gasteiger partial charge >= 0.3 is 0 Å². The quantitative estimate of drug-likeness (QED) is 0.311. The molecule has 0 saturated carbocycles. The van der Waals surface area contributed by atoms with Crippen LogP contribution in [0.25, 0.3) is 22.3 Å². The molecule has 31 heavy (non-hydrogen) atoms. The van der Waals surface area contributed by atoms with Crippen molar-refractivity contribution in [2.45, 2.75) is 36.4 Å². The third-order valence-electron chi connectivity index (χ3n) is 5.13. The number of fused-ring (bicyclic) bond motifs is 1. The Morgan fingerprint density at radius 3 is 2.77 bits per heavy atom. The molecule has 3 heterocycles. The highest BCUT2D eigenvalue weighted by Crippen LogP contribution is 2.25. The molecule has 0 aliphatic carbocycles. The molecular weight excluding hydrogens is 436 g/mol. The molecule has 0 bridgehead atoms. The van der Waals surface area contributed by atoms with Crippen LogP contribution in [0.4, 0.5) is 0 Å². The highest BCUT2D eigenvalue weighted by atomic mass is 35.5. The molecule has 0 radical (unpaired) electrons. The van der Waals surface area contributed by atoms with Crippen molar-refractivity contribution in [3.63, 3.8) is 0 Å². The predicted molar refractivity (Wildman–Crippen MR) is 119 cm³/mol. The molecule has 1 unspecified atom stereocenters. The summed E-state index contributed by atoms with van der Waals surface area (Å²) in [6, 6.07) is 14.6. The number of para-hydroxylation sites is 1. The van der Waals surface area contributed by atoms with E-state index in [-0.39, 0.29) is 11.7 Å². The van der Waals surface area contributed by atoms with Crippen LogP contribution in [0, 0.1) is 0 Å². The van der Waals surface area contributed by atoms with Gasteiger partial charge in [0, 0.05) is 17.2 Å². The molecular formula is C22H19ClN4O3S. The normalized spacial score (nSPS) is 16.2. The van der Waals surface area contributed by atoms with Crippen LogP contribution in [0.5, 0.6) is 0 Å². The van der Waals surface area contributed by atoms with E-state index in [1.165, 1.54) is 11.8 Å². The van der Waals surface area contributed by atoms with Crippen molar-refractivity contribution in [3.05, 3.63) is 69.8 Å². The fourth-order valence-corrected chi connectivity index (χ4v) is 4.54. The summed E-state index contributed by atoms with van der Waals surface area (Å²) in [5.74, 6) is 1.35. The molecule has 1 aliphatic heterocycles. The van der Waals surface area contributed by atoms with Gasteiger partial charge in [0.25, 0.3) is 5.56 Å². The number of ether oxygens (including phenoxy) is 1. The van der Waals surface area contributed by atoms with Crippen molar-refractivity contribution < 1.29 is 9.26 Å². The lowest BCUT2D eigenvalue weighted by Crippen LogP contribution is -2.28. The topological polar surface area (TPSA) is 83.0 Å². The number of rotatable bonds is 6. The molecule has 1 atom stereocenters. The van der Waals surface area contributed by atoms with Crippen molar-refractivity contribution in [1.29, 1.82) is 0 Å². The van der Waals surface area contributed by atoms with Gasteiger partial charge in [-0.2, -0.15) is 4.98 Å². The Balaban J connectivity index is 1.41. The molecule has 2 aromatic heterocycles. The van der Waals surface area contributed by atoms with E-state index in [9.17, 15) is 4.79 Å². The predicted octanol–water partition coefficient (Wildman–Crippen LogP) is 4.57. The minimum atomic E-state index is -0.0593. The third-order valence-corrected chi connectivity index (χ3v) is 6.35. The number of hydrogen-bond acceptors (Lipinski definition) is 7. The molecule has 158 valence electrons. The average Bonchev–Trinajstić information content (AvgIpc) is 3.47. The lowest BCUT2D eigenvalue weighted by molar-refractivity contribution is 0.0937. The van der Waals surface area contributed by atoms with Gasteiger partial charge in [0.05, 0.1) is 29.3 Å². The van der Waals surface area contributed by atoms with Crippen LogP contribution in [-0.2, 0) is 17.0 Å². The first kappa shape index (κ1) is 20.2. The summed E-state index contributed by atoms with van der Waals surface area (Å²) in [5.41, 5.74) is 1.44. The summed E-state index contributed by atoms with van der Waals surface area (Å²) in [4.78, 5) is 22.4. The van der Waals surface area contributed by atoms with E-state index in [1.54, 1.807) is 16.7 Å². The molecule has 4 aromatic rings. The van der Waals surface area contributed by atoms with Crippen molar-refractivity contribution in [2.24, 2.45) is 0 Å². The van der Waals surface area contributed by atoms with Crippen LogP contribution in [-0.4, -0.2) is 32.4 Å². The van der Waals surface area contributed by atoms with E-state index in [1.807, 2.05) is 36.4 Å². The van der Waals surface area contributed by atoms with E-state index < -0.39 is 0 Å².